The van der Waals surface area contributed by atoms with Crippen LogP contribution < -0.4 is 15.1 Å². The van der Waals surface area contributed by atoms with Gasteiger partial charge in [0.25, 0.3) is 0 Å². The van der Waals surface area contributed by atoms with E-state index in [0.717, 1.165) is 24.2 Å². The minimum absolute atomic E-state index is 0.192. The lowest BCUT2D eigenvalue weighted by Crippen LogP contribution is -2.36. The van der Waals surface area contributed by atoms with Crippen LogP contribution in [-0.2, 0) is 0 Å². The predicted octanol–water partition coefficient (Wildman–Crippen LogP) is 1.75. The fourth-order valence-electron chi connectivity index (χ4n) is 3.30. The van der Waals surface area contributed by atoms with Crippen molar-refractivity contribution >= 4 is 22.9 Å². The second kappa shape index (κ2) is 6.03. The van der Waals surface area contributed by atoms with Gasteiger partial charge in [-0.15, -0.1) is 0 Å². The zero-order valence-corrected chi connectivity index (χ0v) is 13.6. The molecule has 0 spiro atoms. The summed E-state index contributed by atoms with van der Waals surface area (Å²) >= 11 is 0. The molecule has 2 N–H and O–H groups in total. The third kappa shape index (κ3) is 3.05. The molecule has 0 radical (unpaired) electrons. The van der Waals surface area contributed by atoms with Crippen molar-refractivity contribution < 1.29 is 19.7 Å². The number of anilines is 1. The minimum atomic E-state index is -1.50. The highest BCUT2D eigenvalue weighted by atomic mass is 16.7. The summed E-state index contributed by atoms with van der Waals surface area (Å²) in [7, 11) is 0. The highest BCUT2D eigenvalue weighted by Gasteiger charge is 2.27. The van der Waals surface area contributed by atoms with Gasteiger partial charge < -0.3 is 24.4 Å². The topological polar surface area (TPSA) is 105 Å². The molecule has 0 aromatic carbocycles. The lowest BCUT2D eigenvalue weighted by Gasteiger charge is -2.30. The molecule has 1 saturated carbocycles. The van der Waals surface area contributed by atoms with Crippen molar-refractivity contribution in [2.24, 2.45) is 0 Å². The summed E-state index contributed by atoms with van der Waals surface area (Å²) in [6.45, 7) is 1.43. The number of ether oxygens (including phenoxy) is 1. The number of carbonyl (C=O) groups is 1. The Morgan fingerprint density at radius 3 is 2.60 bits per heavy atom. The van der Waals surface area contributed by atoms with Crippen LogP contribution in [0.3, 0.4) is 0 Å². The smallest absolute Gasteiger partial charge is 0.449 e. The predicted molar refractivity (Wildman–Crippen MR) is 90.4 cm³/mol. The zero-order chi connectivity index (χ0) is 17.6. The number of aromatic nitrogens is 2. The molecule has 2 aromatic heterocycles. The average molecular weight is 345 g/mol. The van der Waals surface area contributed by atoms with Crippen LogP contribution in [0.4, 0.5) is 10.6 Å². The maximum absolute atomic E-state index is 12.5. The van der Waals surface area contributed by atoms with E-state index in [2.05, 4.69) is 14.6 Å². The summed E-state index contributed by atoms with van der Waals surface area (Å²) in [5, 5.41) is 18.8. The fourth-order valence-corrected chi connectivity index (χ4v) is 3.30. The van der Waals surface area contributed by atoms with Gasteiger partial charge in [-0.1, -0.05) is 0 Å². The van der Waals surface area contributed by atoms with Crippen LogP contribution in [0.25, 0.3) is 10.9 Å². The normalized spacial score (nSPS) is 18.5. The van der Waals surface area contributed by atoms with E-state index in [4.69, 9.17) is 5.11 Å². The molecule has 2 aliphatic rings. The van der Waals surface area contributed by atoms with Gasteiger partial charge in [0.1, 0.15) is 5.82 Å². The van der Waals surface area contributed by atoms with Crippen LogP contribution in [0.1, 0.15) is 31.7 Å². The van der Waals surface area contributed by atoms with Gasteiger partial charge in [-0.2, -0.15) is 0 Å². The molecule has 25 heavy (non-hydrogen) atoms. The quantitative estimate of drug-likeness (QED) is 0.817. The van der Waals surface area contributed by atoms with Gasteiger partial charge in [0.2, 0.25) is 5.43 Å². The molecule has 0 bridgehead atoms. The van der Waals surface area contributed by atoms with Gasteiger partial charge in [0.05, 0.1) is 23.2 Å². The molecule has 8 nitrogen and oxygen atoms in total. The van der Waals surface area contributed by atoms with E-state index in [9.17, 15) is 14.7 Å². The highest BCUT2D eigenvalue weighted by molar-refractivity contribution is 5.82. The van der Waals surface area contributed by atoms with Gasteiger partial charge in [-0.3, -0.25) is 4.79 Å². The number of nitrogens with zero attached hydrogens (tertiary/aromatic N) is 3. The summed E-state index contributed by atoms with van der Waals surface area (Å²) in [4.78, 5) is 29.8. The Kier molecular flexibility index (Phi) is 3.84. The summed E-state index contributed by atoms with van der Waals surface area (Å²) in [6, 6.07) is 2.12. The Balaban J connectivity index is 1.80. The molecule has 1 aliphatic carbocycles. The van der Waals surface area contributed by atoms with Crippen LogP contribution in [0.5, 0.6) is 5.75 Å². The Labute approximate surface area is 143 Å². The van der Waals surface area contributed by atoms with Crippen LogP contribution in [0.2, 0.25) is 0 Å². The lowest BCUT2D eigenvalue weighted by atomic mass is 10.1. The maximum atomic E-state index is 12.5. The monoisotopic (exact) mass is 345 g/mol. The van der Waals surface area contributed by atoms with Crippen molar-refractivity contribution in [3.05, 3.63) is 28.7 Å². The van der Waals surface area contributed by atoms with Crippen molar-refractivity contribution in [1.29, 1.82) is 0 Å². The number of carboxylic acid groups (broad SMARTS) is 1. The van der Waals surface area contributed by atoms with Crippen molar-refractivity contribution in [3.8, 4) is 5.75 Å². The average Bonchev–Trinajstić information content (AvgIpc) is 3.42. The Morgan fingerprint density at radius 2 is 1.96 bits per heavy atom. The first-order valence-corrected chi connectivity index (χ1v) is 8.41. The first-order valence-electron chi connectivity index (χ1n) is 8.41. The SMILES string of the molecule is O=C(O)Oc1cn(C2CC2)c2cc(N3CCC(O)CC3)ncc2c1=O. The van der Waals surface area contributed by atoms with E-state index in [1.54, 1.807) is 0 Å². The first-order chi connectivity index (χ1) is 12.0. The summed E-state index contributed by atoms with van der Waals surface area (Å²) < 4.78 is 6.56. The second-order valence-electron chi connectivity index (χ2n) is 6.61. The molecule has 132 valence electrons. The van der Waals surface area contributed by atoms with Gasteiger partial charge in [-0.05, 0) is 25.7 Å². The van der Waals surface area contributed by atoms with Crippen LogP contribution in [0.15, 0.2) is 23.3 Å². The summed E-state index contributed by atoms with van der Waals surface area (Å²) in [5.74, 6) is 0.572. The molecule has 1 aliphatic heterocycles. The minimum Gasteiger partial charge on any atom is -0.449 e. The Bertz CT molecular complexity index is 882. The molecular formula is C17H19N3O5. The second-order valence-corrected chi connectivity index (χ2v) is 6.61. The zero-order valence-electron chi connectivity index (χ0n) is 13.6. The molecule has 1 saturated heterocycles. The van der Waals surface area contributed by atoms with Crippen molar-refractivity contribution in [1.82, 2.24) is 9.55 Å². The third-order valence-corrected chi connectivity index (χ3v) is 4.80. The molecule has 2 aromatic rings. The lowest BCUT2D eigenvalue weighted by molar-refractivity contribution is 0.143. The Hall–Kier alpha value is -2.61. The number of piperidine rings is 1. The molecule has 0 atom stereocenters. The van der Waals surface area contributed by atoms with E-state index >= 15 is 0 Å². The summed E-state index contributed by atoms with van der Waals surface area (Å²) in [5.41, 5.74) is 0.267. The molecule has 3 heterocycles. The number of hydrogen-bond donors (Lipinski definition) is 2. The largest absolute Gasteiger partial charge is 0.511 e. The maximum Gasteiger partial charge on any atom is 0.511 e. The van der Waals surface area contributed by atoms with Gasteiger partial charge in [0, 0.05) is 31.4 Å². The first kappa shape index (κ1) is 15.9. The van der Waals surface area contributed by atoms with Crippen LogP contribution >= 0.6 is 0 Å². The highest BCUT2D eigenvalue weighted by Crippen LogP contribution is 2.38. The summed E-state index contributed by atoms with van der Waals surface area (Å²) in [6.07, 6.45) is 4.57. The van der Waals surface area contributed by atoms with Gasteiger partial charge in [0.15, 0.2) is 5.75 Å². The molecule has 0 unspecified atom stereocenters. The number of rotatable bonds is 3. The van der Waals surface area contributed by atoms with E-state index in [0.29, 0.717) is 31.3 Å². The van der Waals surface area contributed by atoms with E-state index < -0.39 is 11.6 Å². The molecule has 0 amide bonds. The van der Waals surface area contributed by atoms with Crippen molar-refractivity contribution in [3.63, 3.8) is 0 Å². The fraction of sp³-hybridized carbons (Fsp3) is 0.471. The van der Waals surface area contributed by atoms with Crippen LogP contribution in [0, 0.1) is 0 Å². The van der Waals surface area contributed by atoms with Crippen molar-refractivity contribution in [2.45, 2.75) is 37.8 Å². The van der Waals surface area contributed by atoms with E-state index in [1.807, 2.05) is 10.6 Å². The van der Waals surface area contributed by atoms with Gasteiger partial charge in [-0.25, -0.2) is 9.78 Å². The number of aliphatic hydroxyl groups is 1. The van der Waals surface area contributed by atoms with Crippen molar-refractivity contribution in [2.75, 3.05) is 18.0 Å². The van der Waals surface area contributed by atoms with E-state index in [-0.39, 0.29) is 17.9 Å². The van der Waals surface area contributed by atoms with E-state index in [1.165, 1.54) is 12.4 Å². The van der Waals surface area contributed by atoms with Gasteiger partial charge >= 0.3 is 6.16 Å². The third-order valence-electron chi connectivity index (χ3n) is 4.80. The number of fused-ring (bicyclic) bond motifs is 1. The number of aliphatic hydroxyl groups excluding tert-OH is 1. The molecular weight excluding hydrogens is 326 g/mol. The molecule has 2 fully saturated rings. The molecule has 4 rings (SSSR count). The number of pyridine rings is 2. The van der Waals surface area contributed by atoms with Crippen LogP contribution in [-0.4, -0.2) is 45.1 Å². The standard InChI is InChI=1S/C17H19N3O5/c21-11-3-5-19(6-4-11)15-7-13-12(8-18-15)16(22)14(25-17(23)24)9-20(13)10-1-2-10/h7-11,21H,1-6H2,(H,23,24). The number of hydrogen-bond acceptors (Lipinski definition) is 6. The molecule has 8 heteroatoms. The Morgan fingerprint density at radius 1 is 1.24 bits per heavy atom.